The van der Waals surface area contributed by atoms with Crippen molar-refractivity contribution in [1.29, 1.82) is 0 Å². The molecule has 1 atom stereocenters. The first-order chi connectivity index (χ1) is 12.0. The highest BCUT2D eigenvalue weighted by molar-refractivity contribution is 7.80. The molecule has 0 aliphatic carbocycles. The topological polar surface area (TPSA) is 41.6 Å². The molecule has 2 aromatic carbocycles. The molecule has 1 aliphatic rings. The molecular formula is C18H16F2N2O2S. The Hall–Kier alpha value is -2.54. The van der Waals surface area contributed by atoms with Crippen LogP contribution < -0.4 is 15.0 Å². The number of amides is 1. The third-order valence-corrected chi connectivity index (χ3v) is 4.19. The van der Waals surface area contributed by atoms with Gasteiger partial charge in [0.15, 0.2) is 5.11 Å². The lowest BCUT2D eigenvalue weighted by Crippen LogP contribution is -2.30. The van der Waals surface area contributed by atoms with Gasteiger partial charge in [-0.3, -0.25) is 9.69 Å². The second kappa shape index (κ2) is 7.14. The smallest absolute Gasteiger partial charge is 0.387 e. The average Bonchev–Trinajstić information content (AvgIpc) is 2.82. The molecule has 0 aromatic heterocycles. The van der Waals surface area contributed by atoms with E-state index in [-0.39, 0.29) is 11.7 Å². The number of hydrogen-bond acceptors (Lipinski definition) is 3. The molecule has 25 heavy (non-hydrogen) atoms. The SMILES string of the molecule is CC1NC(=S)N(c2ccc(OC(F)F)c(Cc3ccccc3)c2)C1=O. The van der Waals surface area contributed by atoms with E-state index in [0.29, 0.717) is 22.8 Å². The normalized spacial score (nSPS) is 17.1. The predicted molar refractivity (Wildman–Crippen MR) is 95.0 cm³/mol. The van der Waals surface area contributed by atoms with Crippen molar-refractivity contribution in [3.8, 4) is 5.75 Å². The first-order valence-electron chi connectivity index (χ1n) is 7.72. The number of nitrogens with one attached hydrogen (secondary N) is 1. The summed E-state index contributed by atoms with van der Waals surface area (Å²) in [4.78, 5) is 13.6. The third kappa shape index (κ3) is 3.76. The Morgan fingerprint density at radius 2 is 1.96 bits per heavy atom. The van der Waals surface area contributed by atoms with Gasteiger partial charge in [0.2, 0.25) is 0 Å². The van der Waals surface area contributed by atoms with Crippen molar-refractivity contribution in [2.24, 2.45) is 0 Å². The van der Waals surface area contributed by atoms with Crippen LogP contribution in [-0.4, -0.2) is 23.7 Å². The maximum Gasteiger partial charge on any atom is 0.387 e. The van der Waals surface area contributed by atoms with Crippen molar-refractivity contribution >= 4 is 28.9 Å². The highest BCUT2D eigenvalue weighted by atomic mass is 32.1. The quantitative estimate of drug-likeness (QED) is 0.827. The summed E-state index contributed by atoms with van der Waals surface area (Å²) in [5, 5.41) is 3.18. The molecule has 0 saturated carbocycles. The van der Waals surface area contributed by atoms with Crippen LogP contribution in [0.15, 0.2) is 48.5 Å². The highest BCUT2D eigenvalue weighted by Crippen LogP contribution is 2.30. The van der Waals surface area contributed by atoms with Crippen molar-refractivity contribution < 1.29 is 18.3 Å². The van der Waals surface area contributed by atoms with E-state index < -0.39 is 12.7 Å². The van der Waals surface area contributed by atoms with Crippen LogP contribution in [0.25, 0.3) is 0 Å². The Balaban J connectivity index is 1.98. The number of halogens is 2. The molecule has 2 aromatic rings. The van der Waals surface area contributed by atoms with Crippen LogP contribution in [-0.2, 0) is 11.2 Å². The fourth-order valence-corrected chi connectivity index (χ4v) is 3.09. The van der Waals surface area contributed by atoms with E-state index in [4.69, 9.17) is 12.2 Å². The van der Waals surface area contributed by atoms with Gasteiger partial charge >= 0.3 is 6.61 Å². The number of anilines is 1. The number of ether oxygens (including phenoxy) is 1. The van der Waals surface area contributed by atoms with Crippen molar-refractivity contribution in [1.82, 2.24) is 5.32 Å². The van der Waals surface area contributed by atoms with Crippen LogP contribution in [0, 0.1) is 0 Å². The Kier molecular flexibility index (Phi) is 4.94. The molecule has 1 N–H and O–H groups in total. The van der Waals surface area contributed by atoms with Crippen molar-refractivity contribution in [2.75, 3.05) is 4.90 Å². The summed E-state index contributed by atoms with van der Waals surface area (Å²) >= 11 is 5.20. The molecule has 0 spiro atoms. The van der Waals surface area contributed by atoms with Gasteiger partial charge in [-0.05, 0) is 42.9 Å². The van der Waals surface area contributed by atoms with Gasteiger partial charge in [-0.2, -0.15) is 8.78 Å². The molecule has 1 aliphatic heterocycles. The number of benzene rings is 2. The molecule has 1 unspecified atom stereocenters. The first kappa shape index (κ1) is 17.3. The summed E-state index contributed by atoms with van der Waals surface area (Å²) in [5.74, 6) is -0.0978. The van der Waals surface area contributed by atoms with Gasteiger partial charge in [-0.15, -0.1) is 0 Å². The fraction of sp³-hybridized carbons (Fsp3) is 0.222. The molecule has 0 radical (unpaired) electrons. The number of rotatable bonds is 5. The van der Waals surface area contributed by atoms with E-state index in [9.17, 15) is 13.6 Å². The second-order valence-corrected chi connectivity index (χ2v) is 6.06. The van der Waals surface area contributed by atoms with E-state index in [1.807, 2.05) is 30.3 Å². The summed E-state index contributed by atoms with van der Waals surface area (Å²) in [6, 6.07) is 13.7. The Labute approximate surface area is 149 Å². The summed E-state index contributed by atoms with van der Waals surface area (Å²) in [6.07, 6.45) is 0.397. The average molecular weight is 362 g/mol. The molecule has 1 fully saturated rings. The summed E-state index contributed by atoms with van der Waals surface area (Å²) < 4.78 is 30.0. The Morgan fingerprint density at radius 3 is 2.56 bits per heavy atom. The van der Waals surface area contributed by atoms with Crippen molar-refractivity contribution in [3.63, 3.8) is 0 Å². The van der Waals surface area contributed by atoms with E-state index in [0.717, 1.165) is 5.56 Å². The van der Waals surface area contributed by atoms with E-state index >= 15 is 0 Å². The van der Waals surface area contributed by atoms with Gasteiger partial charge in [0.25, 0.3) is 5.91 Å². The monoisotopic (exact) mass is 362 g/mol. The number of nitrogens with zero attached hydrogens (tertiary/aromatic N) is 1. The second-order valence-electron chi connectivity index (χ2n) is 5.68. The lowest BCUT2D eigenvalue weighted by Gasteiger charge is -2.18. The zero-order chi connectivity index (χ0) is 18.0. The highest BCUT2D eigenvalue weighted by Gasteiger charge is 2.33. The summed E-state index contributed by atoms with van der Waals surface area (Å²) in [6.45, 7) is -1.20. The molecule has 1 saturated heterocycles. The molecule has 1 heterocycles. The van der Waals surface area contributed by atoms with Gasteiger partial charge in [0, 0.05) is 12.0 Å². The number of thiocarbonyl (C=S) groups is 1. The van der Waals surface area contributed by atoms with E-state index in [2.05, 4.69) is 10.1 Å². The maximum absolute atomic E-state index is 12.7. The third-order valence-electron chi connectivity index (χ3n) is 3.89. The molecule has 3 rings (SSSR count). The van der Waals surface area contributed by atoms with Gasteiger partial charge in [-0.25, -0.2) is 0 Å². The fourth-order valence-electron chi connectivity index (χ4n) is 2.72. The Morgan fingerprint density at radius 1 is 1.24 bits per heavy atom. The van der Waals surface area contributed by atoms with E-state index in [1.165, 1.54) is 11.0 Å². The zero-order valence-electron chi connectivity index (χ0n) is 13.4. The Bertz CT molecular complexity index is 799. The van der Waals surface area contributed by atoms with Gasteiger partial charge < -0.3 is 10.1 Å². The van der Waals surface area contributed by atoms with Crippen LogP contribution in [0.5, 0.6) is 5.75 Å². The van der Waals surface area contributed by atoms with Crippen LogP contribution in [0.4, 0.5) is 14.5 Å². The first-order valence-corrected chi connectivity index (χ1v) is 8.12. The van der Waals surface area contributed by atoms with Crippen LogP contribution in [0.2, 0.25) is 0 Å². The minimum Gasteiger partial charge on any atom is -0.435 e. The molecular weight excluding hydrogens is 346 g/mol. The van der Waals surface area contributed by atoms with Crippen LogP contribution in [0.1, 0.15) is 18.1 Å². The number of hydrogen-bond donors (Lipinski definition) is 1. The lowest BCUT2D eigenvalue weighted by atomic mass is 10.0. The van der Waals surface area contributed by atoms with Gasteiger partial charge in [0.1, 0.15) is 11.8 Å². The van der Waals surface area contributed by atoms with Crippen LogP contribution in [0.3, 0.4) is 0 Å². The number of alkyl halides is 2. The largest absolute Gasteiger partial charge is 0.435 e. The summed E-state index contributed by atoms with van der Waals surface area (Å²) in [5.41, 5.74) is 2.03. The standard InChI is InChI=1S/C18H16F2N2O2S/c1-11-16(23)22(18(25)21-11)14-7-8-15(24-17(19)20)13(10-14)9-12-5-3-2-4-6-12/h2-8,10-11,17H,9H2,1H3,(H,21,25). The van der Waals surface area contributed by atoms with Gasteiger partial charge in [0.05, 0.1) is 5.69 Å². The number of carbonyl (C=O) groups excluding carboxylic acids is 1. The zero-order valence-corrected chi connectivity index (χ0v) is 14.2. The molecule has 130 valence electrons. The summed E-state index contributed by atoms with van der Waals surface area (Å²) in [7, 11) is 0. The molecule has 4 nitrogen and oxygen atoms in total. The number of carbonyl (C=O) groups is 1. The molecule has 1 amide bonds. The minimum atomic E-state index is -2.92. The van der Waals surface area contributed by atoms with Gasteiger partial charge in [-0.1, -0.05) is 30.3 Å². The molecule has 7 heteroatoms. The van der Waals surface area contributed by atoms with E-state index in [1.54, 1.807) is 19.1 Å². The molecule has 0 bridgehead atoms. The lowest BCUT2D eigenvalue weighted by molar-refractivity contribution is -0.117. The minimum absolute atomic E-state index is 0.0844. The van der Waals surface area contributed by atoms with Crippen molar-refractivity contribution in [2.45, 2.75) is 26.0 Å². The van der Waals surface area contributed by atoms with Crippen molar-refractivity contribution in [3.05, 3.63) is 59.7 Å². The van der Waals surface area contributed by atoms with Crippen LogP contribution >= 0.6 is 12.2 Å². The maximum atomic E-state index is 12.7. The predicted octanol–water partition coefficient (Wildman–Crippen LogP) is 3.49.